The molecule has 114 valence electrons. The Kier molecular flexibility index (Phi) is 4.50. The highest BCUT2D eigenvalue weighted by Crippen LogP contribution is 2.27. The van der Waals surface area contributed by atoms with Crippen LogP contribution in [0.1, 0.15) is 11.1 Å². The maximum absolute atomic E-state index is 13.6. The number of anilines is 1. The number of nitrogens with zero attached hydrogens (tertiary/aromatic N) is 2. The van der Waals surface area contributed by atoms with Crippen LogP contribution in [0.15, 0.2) is 36.4 Å². The second-order valence-corrected chi connectivity index (χ2v) is 4.86. The molecule has 2 aromatic carbocycles. The van der Waals surface area contributed by atoms with Crippen molar-refractivity contribution >= 4 is 23.5 Å². The van der Waals surface area contributed by atoms with Crippen LogP contribution in [0.3, 0.4) is 0 Å². The lowest BCUT2D eigenvalue weighted by atomic mass is 10.1. The third kappa shape index (κ3) is 3.28. The minimum Gasteiger partial charge on any atom is -0.377 e. The fraction of sp³-hybridized carbons (Fsp3) is 0.125. The molecule has 0 atom stereocenters. The molecule has 22 heavy (non-hydrogen) atoms. The fourth-order valence-electron chi connectivity index (χ4n) is 1.95. The molecule has 0 aromatic heterocycles. The summed E-state index contributed by atoms with van der Waals surface area (Å²) in [6.45, 7) is 0. The molecule has 0 aliphatic rings. The second kappa shape index (κ2) is 6.34. The summed E-state index contributed by atoms with van der Waals surface area (Å²) in [5, 5.41) is 11.1. The Balaban J connectivity index is 2.45. The van der Waals surface area contributed by atoms with Crippen molar-refractivity contribution in [2.45, 2.75) is 0 Å². The van der Waals surface area contributed by atoms with Crippen LogP contribution in [0.4, 0.5) is 20.2 Å². The first-order chi connectivity index (χ1) is 10.4. The molecule has 0 heterocycles. The molecule has 0 spiro atoms. The van der Waals surface area contributed by atoms with Crippen LogP contribution in [0.2, 0.25) is 0 Å². The van der Waals surface area contributed by atoms with Gasteiger partial charge in [0, 0.05) is 31.4 Å². The molecule has 0 aliphatic heterocycles. The summed E-state index contributed by atoms with van der Waals surface area (Å²) in [5.41, 5.74) is 0.590. The van der Waals surface area contributed by atoms with Crippen molar-refractivity contribution in [3.8, 4) is 0 Å². The number of halogens is 2. The zero-order valence-electron chi connectivity index (χ0n) is 12.1. The molecule has 0 fully saturated rings. The van der Waals surface area contributed by atoms with E-state index in [4.69, 9.17) is 0 Å². The van der Waals surface area contributed by atoms with Gasteiger partial charge in [0.15, 0.2) is 0 Å². The number of nitro benzene ring substituents is 1. The molecule has 0 aliphatic carbocycles. The molecule has 0 bridgehead atoms. The van der Waals surface area contributed by atoms with Gasteiger partial charge in [-0.25, -0.2) is 8.78 Å². The van der Waals surface area contributed by atoms with Crippen LogP contribution in [-0.2, 0) is 0 Å². The lowest BCUT2D eigenvalue weighted by Crippen LogP contribution is -2.09. The Hall–Kier alpha value is -2.76. The lowest BCUT2D eigenvalue weighted by molar-refractivity contribution is -0.385. The van der Waals surface area contributed by atoms with E-state index >= 15 is 0 Å². The van der Waals surface area contributed by atoms with E-state index in [0.29, 0.717) is 5.69 Å². The molecule has 4 nitrogen and oxygen atoms in total. The van der Waals surface area contributed by atoms with Crippen molar-refractivity contribution < 1.29 is 13.7 Å². The minimum absolute atomic E-state index is 0.126. The van der Waals surface area contributed by atoms with Gasteiger partial charge in [0.1, 0.15) is 11.6 Å². The largest absolute Gasteiger partial charge is 0.377 e. The van der Waals surface area contributed by atoms with Gasteiger partial charge in [-0.3, -0.25) is 10.1 Å². The third-order valence-corrected chi connectivity index (χ3v) is 3.16. The first-order valence-electron chi connectivity index (χ1n) is 6.48. The molecule has 2 aromatic rings. The summed E-state index contributed by atoms with van der Waals surface area (Å²) in [6, 6.07) is 8.18. The smallest absolute Gasteiger partial charge is 0.278 e. The van der Waals surface area contributed by atoms with Crippen molar-refractivity contribution in [2.24, 2.45) is 0 Å². The van der Waals surface area contributed by atoms with Crippen LogP contribution < -0.4 is 4.90 Å². The molecule has 0 saturated carbocycles. The van der Waals surface area contributed by atoms with Gasteiger partial charge in [-0.15, -0.1) is 0 Å². The number of benzene rings is 2. The highest BCUT2D eigenvalue weighted by Gasteiger charge is 2.14. The van der Waals surface area contributed by atoms with Crippen molar-refractivity contribution in [3.05, 3.63) is 69.3 Å². The second-order valence-electron chi connectivity index (χ2n) is 4.86. The molecule has 0 saturated heterocycles. The van der Waals surface area contributed by atoms with E-state index < -0.39 is 16.6 Å². The first kappa shape index (κ1) is 15.6. The van der Waals surface area contributed by atoms with Crippen molar-refractivity contribution in [1.82, 2.24) is 0 Å². The monoisotopic (exact) mass is 304 g/mol. The van der Waals surface area contributed by atoms with Gasteiger partial charge in [0.25, 0.3) is 5.69 Å². The molecule has 0 amide bonds. The third-order valence-electron chi connectivity index (χ3n) is 3.16. The quantitative estimate of drug-likeness (QED) is 0.485. The number of rotatable bonds is 4. The van der Waals surface area contributed by atoms with Gasteiger partial charge < -0.3 is 4.90 Å². The fourth-order valence-corrected chi connectivity index (χ4v) is 1.95. The summed E-state index contributed by atoms with van der Waals surface area (Å²) in [6.07, 6.45) is 2.53. The number of hydrogen-bond donors (Lipinski definition) is 0. The predicted molar refractivity (Wildman–Crippen MR) is 82.7 cm³/mol. The Morgan fingerprint density at radius 3 is 2.27 bits per heavy atom. The molecule has 0 radical (unpaired) electrons. The van der Waals surface area contributed by atoms with E-state index in [0.717, 1.165) is 12.1 Å². The average molecular weight is 304 g/mol. The van der Waals surface area contributed by atoms with Crippen molar-refractivity contribution in [2.75, 3.05) is 19.0 Å². The Bertz CT molecular complexity index is 723. The Labute approximate surface area is 126 Å². The summed E-state index contributed by atoms with van der Waals surface area (Å²) < 4.78 is 27.1. The zero-order valence-corrected chi connectivity index (χ0v) is 12.1. The van der Waals surface area contributed by atoms with Gasteiger partial charge in [0.2, 0.25) is 0 Å². The van der Waals surface area contributed by atoms with Gasteiger partial charge in [-0.2, -0.15) is 0 Å². The van der Waals surface area contributed by atoms with Gasteiger partial charge in [0.05, 0.1) is 10.5 Å². The van der Waals surface area contributed by atoms with E-state index in [-0.39, 0.29) is 16.8 Å². The van der Waals surface area contributed by atoms with E-state index in [9.17, 15) is 18.9 Å². The van der Waals surface area contributed by atoms with Crippen LogP contribution >= 0.6 is 0 Å². The Morgan fingerprint density at radius 1 is 1.09 bits per heavy atom. The number of nitro groups is 1. The van der Waals surface area contributed by atoms with Crippen molar-refractivity contribution in [3.63, 3.8) is 0 Å². The lowest BCUT2D eigenvalue weighted by Gasteiger charge is -2.12. The molecule has 0 unspecified atom stereocenters. The van der Waals surface area contributed by atoms with Crippen LogP contribution in [0.5, 0.6) is 0 Å². The summed E-state index contributed by atoms with van der Waals surface area (Å²) in [5.74, 6) is -1.44. The van der Waals surface area contributed by atoms with E-state index in [1.54, 1.807) is 31.1 Å². The number of hydrogen-bond acceptors (Lipinski definition) is 3. The summed E-state index contributed by atoms with van der Waals surface area (Å²) in [7, 11) is 3.53. The van der Waals surface area contributed by atoms with E-state index in [1.807, 2.05) is 0 Å². The maximum Gasteiger partial charge on any atom is 0.278 e. The summed E-state index contributed by atoms with van der Waals surface area (Å²) in [4.78, 5) is 12.4. The van der Waals surface area contributed by atoms with Crippen LogP contribution in [0, 0.1) is 21.7 Å². The highest BCUT2D eigenvalue weighted by atomic mass is 19.1. The summed E-state index contributed by atoms with van der Waals surface area (Å²) >= 11 is 0. The molecule has 6 heteroatoms. The maximum atomic E-state index is 13.6. The molecular formula is C16H14F2N2O2. The topological polar surface area (TPSA) is 46.4 Å². The first-order valence-corrected chi connectivity index (χ1v) is 6.48. The molecule has 0 N–H and O–H groups in total. The zero-order chi connectivity index (χ0) is 16.3. The van der Waals surface area contributed by atoms with E-state index in [2.05, 4.69) is 0 Å². The van der Waals surface area contributed by atoms with Crippen LogP contribution in [-0.4, -0.2) is 19.0 Å². The van der Waals surface area contributed by atoms with Gasteiger partial charge in [-0.1, -0.05) is 6.07 Å². The Morgan fingerprint density at radius 2 is 1.73 bits per heavy atom. The van der Waals surface area contributed by atoms with Crippen molar-refractivity contribution in [1.29, 1.82) is 0 Å². The normalized spacial score (nSPS) is 10.9. The standard InChI is InChI=1S/C16H14F2N2O2/c1-19(2)12-8-6-11(16(10-12)20(21)22)7-9-13-14(17)4-3-5-15(13)18/h3-10H,1-2H3/b9-7+. The predicted octanol–water partition coefficient (Wildman–Crippen LogP) is 4.11. The molecule has 2 rings (SSSR count). The average Bonchev–Trinajstić information content (AvgIpc) is 2.46. The molecular weight excluding hydrogens is 290 g/mol. The van der Waals surface area contributed by atoms with E-state index in [1.165, 1.54) is 24.3 Å². The van der Waals surface area contributed by atoms with Gasteiger partial charge >= 0.3 is 0 Å². The van der Waals surface area contributed by atoms with Gasteiger partial charge in [-0.05, 0) is 36.4 Å². The van der Waals surface area contributed by atoms with Crippen LogP contribution in [0.25, 0.3) is 12.2 Å². The minimum atomic E-state index is -0.719. The highest BCUT2D eigenvalue weighted by molar-refractivity contribution is 5.76. The SMILES string of the molecule is CN(C)c1ccc(/C=C/c2c(F)cccc2F)c([N+](=O)[O-])c1.